The molecule has 1 aliphatic carbocycles. The van der Waals surface area contributed by atoms with E-state index in [9.17, 15) is 4.79 Å². The maximum atomic E-state index is 12.9. The van der Waals surface area contributed by atoms with Crippen LogP contribution in [0, 0.1) is 0 Å². The van der Waals surface area contributed by atoms with Gasteiger partial charge in [-0.3, -0.25) is 4.79 Å². The number of aromatic nitrogens is 3. The summed E-state index contributed by atoms with van der Waals surface area (Å²) in [5.41, 5.74) is 2.96. The summed E-state index contributed by atoms with van der Waals surface area (Å²) in [5, 5.41) is 4.36. The topological polar surface area (TPSA) is 69.5 Å². The van der Waals surface area contributed by atoms with Crippen LogP contribution in [0.15, 0.2) is 36.7 Å². The summed E-state index contributed by atoms with van der Waals surface area (Å²) >= 11 is 0. The normalized spacial score (nSPS) is 17.4. The Kier molecular flexibility index (Phi) is 6.41. The van der Waals surface area contributed by atoms with Crippen molar-refractivity contribution in [2.24, 2.45) is 0 Å². The van der Waals surface area contributed by atoms with Crippen LogP contribution in [0.4, 0.5) is 17.3 Å². The molecule has 1 amide bonds. The Morgan fingerprint density at radius 1 is 1.03 bits per heavy atom. The van der Waals surface area contributed by atoms with Crippen molar-refractivity contribution in [3.8, 4) is 0 Å². The molecule has 4 heterocycles. The highest BCUT2D eigenvalue weighted by molar-refractivity contribution is 5.99. The fourth-order valence-electron chi connectivity index (χ4n) is 5.24. The van der Waals surface area contributed by atoms with Gasteiger partial charge in [-0.25, -0.2) is 9.97 Å². The smallest absolute Gasteiger partial charge is 0.270 e. The minimum atomic E-state index is 0.0367. The summed E-state index contributed by atoms with van der Waals surface area (Å²) in [5.74, 6) is 1.55. The second-order valence-electron chi connectivity index (χ2n) is 9.61. The van der Waals surface area contributed by atoms with Crippen molar-refractivity contribution in [1.82, 2.24) is 24.3 Å². The van der Waals surface area contributed by atoms with Gasteiger partial charge in [0.25, 0.3) is 5.91 Å². The number of amides is 1. The summed E-state index contributed by atoms with van der Waals surface area (Å²) < 4.78 is 2.24. The minimum absolute atomic E-state index is 0.0367. The molecule has 2 fully saturated rings. The van der Waals surface area contributed by atoms with Crippen molar-refractivity contribution >= 4 is 34.1 Å². The molecule has 2 aliphatic rings. The van der Waals surface area contributed by atoms with Crippen LogP contribution in [-0.2, 0) is 0 Å². The summed E-state index contributed by atoms with van der Waals surface area (Å²) in [6.07, 6.45) is 8.44. The van der Waals surface area contributed by atoms with E-state index < -0.39 is 0 Å². The van der Waals surface area contributed by atoms with E-state index >= 15 is 0 Å². The maximum absolute atomic E-state index is 12.9. The fraction of sp³-hybridized carbons (Fsp3) is 0.500. The monoisotopic (exact) mass is 461 g/mol. The zero-order valence-electron chi connectivity index (χ0n) is 20.5. The summed E-state index contributed by atoms with van der Waals surface area (Å²) in [7, 11) is 3.62. The van der Waals surface area contributed by atoms with Gasteiger partial charge in [-0.15, -0.1) is 0 Å². The quantitative estimate of drug-likeness (QED) is 0.595. The number of hydrogen-bond donors (Lipinski definition) is 1. The molecule has 1 saturated carbocycles. The van der Waals surface area contributed by atoms with Crippen molar-refractivity contribution in [3.05, 3.63) is 42.4 Å². The first-order valence-electron chi connectivity index (χ1n) is 12.5. The van der Waals surface area contributed by atoms with E-state index in [-0.39, 0.29) is 5.91 Å². The highest BCUT2D eigenvalue weighted by Gasteiger charge is 2.25. The molecular formula is C26H35N7O. The summed E-state index contributed by atoms with van der Waals surface area (Å²) in [6, 6.07) is 8.55. The molecule has 180 valence electrons. The molecule has 0 aromatic carbocycles. The Morgan fingerprint density at radius 3 is 2.41 bits per heavy atom. The number of hydrogen-bond acceptors (Lipinski definition) is 6. The zero-order chi connectivity index (χ0) is 23.7. The van der Waals surface area contributed by atoms with Crippen molar-refractivity contribution < 1.29 is 4.79 Å². The van der Waals surface area contributed by atoms with E-state index in [0.29, 0.717) is 6.04 Å². The number of carbonyl (C=O) groups is 1. The molecule has 5 rings (SSSR count). The molecule has 0 spiro atoms. The largest absolute Gasteiger partial charge is 0.368 e. The Labute approximate surface area is 201 Å². The van der Waals surface area contributed by atoms with E-state index in [1.807, 2.05) is 38.6 Å². The van der Waals surface area contributed by atoms with Crippen molar-refractivity contribution in [1.29, 1.82) is 0 Å². The van der Waals surface area contributed by atoms with Crippen LogP contribution < -0.4 is 10.2 Å². The van der Waals surface area contributed by atoms with Gasteiger partial charge in [-0.2, -0.15) is 0 Å². The van der Waals surface area contributed by atoms with Gasteiger partial charge in [0.05, 0.1) is 17.4 Å². The molecular weight excluding hydrogens is 426 g/mol. The van der Waals surface area contributed by atoms with Gasteiger partial charge in [0, 0.05) is 64.0 Å². The lowest BCUT2D eigenvalue weighted by molar-refractivity contribution is 0.0815. The molecule has 0 unspecified atom stereocenters. The first kappa shape index (κ1) is 22.7. The number of anilines is 3. The molecule has 3 aromatic heterocycles. The standard InChI is InChI=1S/C26H35N7O/c1-4-31-11-13-32(14-12-31)21-9-10-24(28-18-21)29-25-16-22-19(17-27-25)15-23(26(34)30(2)3)33(22)20-7-5-6-8-20/h9-10,15-18,20H,4-8,11-14H2,1-3H3,(H,27,28,29). The lowest BCUT2D eigenvalue weighted by atomic mass is 10.2. The molecule has 1 saturated heterocycles. The van der Waals surface area contributed by atoms with Gasteiger partial charge in [0.1, 0.15) is 17.3 Å². The first-order chi connectivity index (χ1) is 16.5. The van der Waals surface area contributed by atoms with E-state index in [1.54, 1.807) is 4.90 Å². The summed E-state index contributed by atoms with van der Waals surface area (Å²) in [6.45, 7) is 7.59. The van der Waals surface area contributed by atoms with Gasteiger partial charge in [-0.05, 0) is 37.6 Å². The minimum Gasteiger partial charge on any atom is -0.368 e. The van der Waals surface area contributed by atoms with Gasteiger partial charge >= 0.3 is 0 Å². The Morgan fingerprint density at radius 2 is 1.76 bits per heavy atom. The third-order valence-electron chi connectivity index (χ3n) is 7.23. The van der Waals surface area contributed by atoms with E-state index in [0.717, 1.165) is 79.5 Å². The molecule has 0 atom stereocenters. The molecule has 8 nitrogen and oxygen atoms in total. The van der Waals surface area contributed by atoms with Gasteiger partial charge in [0.15, 0.2) is 0 Å². The number of likely N-dealkylation sites (N-methyl/N-ethyl adjacent to an activating group) is 1. The predicted molar refractivity (Wildman–Crippen MR) is 137 cm³/mol. The molecule has 1 aliphatic heterocycles. The average Bonchev–Trinajstić information content (AvgIpc) is 3.51. The maximum Gasteiger partial charge on any atom is 0.270 e. The number of nitrogens with one attached hydrogen (secondary N) is 1. The molecule has 1 N–H and O–H groups in total. The van der Waals surface area contributed by atoms with Gasteiger partial charge in [0.2, 0.25) is 0 Å². The van der Waals surface area contributed by atoms with Crippen LogP contribution in [0.1, 0.15) is 49.1 Å². The third-order valence-corrected chi connectivity index (χ3v) is 7.23. The number of pyridine rings is 2. The fourth-order valence-corrected chi connectivity index (χ4v) is 5.24. The lowest BCUT2D eigenvalue weighted by Crippen LogP contribution is -2.46. The Balaban J connectivity index is 1.38. The van der Waals surface area contributed by atoms with Crippen LogP contribution in [0.25, 0.3) is 10.9 Å². The lowest BCUT2D eigenvalue weighted by Gasteiger charge is -2.35. The molecule has 34 heavy (non-hydrogen) atoms. The van der Waals surface area contributed by atoms with Crippen LogP contribution in [0.2, 0.25) is 0 Å². The highest BCUT2D eigenvalue weighted by Crippen LogP contribution is 2.36. The van der Waals surface area contributed by atoms with Crippen molar-refractivity contribution in [2.75, 3.05) is 57.0 Å². The molecule has 3 aromatic rings. The average molecular weight is 462 g/mol. The van der Waals surface area contributed by atoms with E-state index in [4.69, 9.17) is 0 Å². The number of piperazine rings is 1. The van der Waals surface area contributed by atoms with E-state index in [1.165, 1.54) is 12.8 Å². The highest BCUT2D eigenvalue weighted by atomic mass is 16.2. The van der Waals surface area contributed by atoms with Crippen LogP contribution >= 0.6 is 0 Å². The molecule has 8 heteroatoms. The SMILES string of the molecule is CCN1CCN(c2ccc(Nc3cc4c(cn3)cc(C(=O)N(C)C)n4C3CCCC3)nc2)CC1. The first-order valence-corrected chi connectivity index (χ1v) is 12.5. The number of rotatable bonds is 6. The van der Waals surface area contributed by atoms with Gasteiger partial charge in [-0.1, -0.05) is 19.8 Å². The summed E-state index contributed by atoms with van der Waals surface area (Å²) in [4.78, 5) is 28.7. The van der Waals surface area contributed by atoms with Gasteiger partial charge < -0.3 is 24.6 Å². The zero-order valence-corrected chi connectivity index (χ0v) is 20.5. The molecule has 0 radical (unpaired) electrons. The molecule has 0 bridgehead atoms. The van der Waals surface area contributed by atoms with Crippen molar-refractivity contribution in [2.45, 2.75) is 38.6 Å². The Bertz CT molecular complexity index is 1140. The van der Waals surface area contributed by atoms with Crippen LogP contribution in [-0.4, -0.2) is 77.1 Å². The number of fused-ring (bicyclic) bond motifs is 1. The van der Waals surface area contributed by atoms with Crippen molar-refractivity contribution in [3.63, 3.8) is 0 Å². The number of nitrogens with zero attached hydrogens (tertiary/aromatic N) is 6. The van der Waals surface area contributed by atoms with E-state index in [2.05, 4.69) is 48.7 Å². The Hall–Kier alpha value is -3.13. The predicted octanol–water partition coefficient (Wildman–Crippen LogP) is 4.13. The van der Waals surface area contributed by atoms with Crippen LogP contribution in [0.5, 0.6) is 0 Å². The number of carbonyl (C=O) groups excluding carboxylic acids is 1. The van der Waals surface area contributed by atoms with Crippen LogP contribution in [0.3, 0.4) is 0 Å². The second kappa shape index (κ2) is 9.62. The third kappa shape index (κ3) is 4.46. The second-order valence-corrected chi connectivity index (χ2v) is 9.61.